The van der Waals surface area contributed by atoms with Crippen LogP contribution in [0.5, 0.6) is 0 Å². The third kappa shape index (κ3) is 2.22. The number of rotatable bonds is 1. The van der Waals surface area contributed by atoms with Crippen molar-refractivity contribution in [1.82, 2.24) is 0 Å². The summed E-state index contributed by atoms with van der Waals surface area (Å²) in [6, 6.07) is 0.385. The zero-order valence-electron chi connectivity index (χ0n) is 5.17. The minimum Gasteiger partial charge on any atom is -0.381 e. The molecule has 0 spiro atoms. The molecule has 0 aromatic carbocycles. The molecule has 0 bridgehead atoms. The molecule has 0 saturated carbocycles. The summed E-state index contributed by atoms with van der Waals surface area (Å²) in [6.07, 6.45) is 2.01. The molecule has 0 amide bonds. The van der Waals surface area contributed by atoms with Gasteiger partial charge in [-0.15, -0.1) is 0 Å². The Labute approximate surface area is 59.9 Å². The molecule has 0 aromatic heterocycles. The Balaban J connectivity index is 2.31. The fourth-order valence-corrected chi connectivity index (χ4v) is 1.04. The second kappa shape index (κ2) is 3.72. The van der Waals surface area contributed by atoms with Gasteiger partial charge < -0.3 is 4.74 Å². The third-order valence-electron chi connectivity index (χ3n) is 1.43. The van der Waals surface area contributed by atoms with Crippen molar-refractivity contribution in [3.8, 4) is 0 Å². The Hall–Kier alpha value is -0.240. The number of isothiocyanates is 1. The van der Waals surface area contributed by atoms with Gasteiger partial charge in [0, 0.05) is 13.2 Å². The molecule has 50 valence electrons. The molecular weight excluding hydrogens is 134 g/mol. The fourth-order valence-electron chi connectivity index (χ4n) is 0.889. The van der Waals surface area contributed by atoms with Crippen LogP contribution in [0.15, 0.2) is 4.99 Å². The van der Waals surface area contributed by atoms with E-state index in [1.807, 2.05) is 0 Å². The van der Waals surface area contributed by atoms with Crippen molar-refractivity contribution in [3.05, 3.63) is 0 Å². The van der Waals surface area contributed by atoms with Crippen molar-refractivity contribution in [1.29, 1.82) is 0 Å². The molecule has 1 heterocycles. The lowest BCUT2D eigenvalue weighted by Gasteiger charge is -2.16. The second-order valence-corrected chi connectivity index (χ2v) is 2.25. The van der Waals surface area contributed by atoms with Crippen LogP contribution in [0.3, 0.4) is 0 Å². The highest BCUT2D eigenvalue weighted by molar-refractivity contribution is 7.78. The van der Waals surface area contributed by atoms with Crippen molar-refractivity contribution < 1.29 is 4.74 Å². The van der Waals surface area contributed by atoms with Crippen LogP contribution in [0, 0.1) is 0 Å². The van der Waals surface area contributed by atoms with Crippen LogP contribution in [-0.2, 0) is 4.74 Å². The number of aliphatic imine (C=N–C) groups is 1. The summed E-state index contributed by atoms with van der Waals surface area (Å²) in [6.45, 7) is 1.65. The monoisotopic (exact) mass is 143 g/mol. The van der Waals surface area contributed by atoms with Crippen molar-refractivity contribution >= 4 is 17.4 Å². The molecule has 1 fully saturated rings. The first kappa shape index (κ1) is 6.87. The van der Waals surface area contributed by atoms with E-state index in [2.05, 4.69) is 22.4 Å². The highest BCUT2D eigenvalue weighted by atomic mass is 32.1. The van der Waals surface area contributed by atoms with E-state index in [9.17, 15) is 0 Å². The molecular formula is C6H9NOS. The molecule has 0 aromatic rings. The van der Waals surface area contributed by atoms with Crippen LogP contribution >= 0.6 is 12.2 Å². The van der Waals surface area contributed by atoms with E-state index in [0.717, 1.165) is 26.1 Å². The largest absolute Gasteiger partial charge is 0.381 e. The predicted molar refractivity (Wildman–Crippen MR) is 38.9 cm³/mol. The zero-order chi connectivity index (χ0) is 6.53. The first-order chi connectivity index (χ1) is 4.43. The van der Waals surface area contributed by atoms with Crippen LogP contribution in [0.4, 0.5) is 0 Å². The lowest BCUT2D eigenvalue weighted by atomic mass is 10.1. The number of thiocarbonyl (C=S) groups is 1. The zero-order valence-corrected chi connectivity index (χ0v) is 5.99. The van der Waals surface area contributed by atoms with E-state index in [1.54, 1.807) is 0 Å². The molecule has 3 heteroatoms. The van der Waals surface area contributed by atoms with Gasteiger partial charge in [0.25, 0.3) is 0 Å². The number of ether oxygens (including phenoxy) is 1. The summed E-state index contributed by atoms with van der Waals surface area (Å²) in [4.78, 5) is 3.97. The Morgan fingerprint density at radius 1 is 1.44 bits per heavy atom. The maximum atomic E-state index is 5.12. The number of hydrogen-bond acceptors (Lipinski definition) is 3. The average Bonchev–Trinajstić information content (AvgIpc) is 1.91. The van der Waals surface area contributed by atoms with Gasteiger partial charge in [0.1, 0.15) is 0 Å². The molecule has 0 radical (unpaired) electrons. The van der Waals surface area contributed by atoms with E-state index in [-0.39, 0.29) is 0 Å². The van der Waals surface area contributed by atoms with Gasteiger partial charge in [-0.2, -0.15) is 0 Å². The Morgan fingerprint density at radius 3 is 2.67 bits per heavy atom. The van der Waals surface area contributed by atoms with Gasteiger partial charge in [-0.25, -0.2) is 4.99 Å². The molecule has 0 atom stereocenters. The maximum Gasteiger partial charge on any atom is 0.0646 e. The molecule has 0 unspecified atom stereocenters. The SMILES string of the molecule is S=C=NC1CCOCC1. The standard InChI is InChI=1S/C6H9NOS/c9-5-7-6-1-3-8-4-2-6/h6H,1-4H2. The summed E-state index contributed by atoms with van der Waals surface area (Å²) in [5, 5.41) is 2.39. The smallest absolute Gasteiger partial charge is 0.0646 e. The van der Waals surface area contributed by atoms with Crippen molar-refractivity contribution in [3.63, 3.8) is 0 Å². The normalized spacial score (nSPS) is 20.9. The summed E-state index contributed by atoms with van der Waals surface area (Å²) in [5.41, 5.74) is 0. The molecule has 1 rings (SSSR count). The number of hydrogen-bond donors (Lipinski definition) is 0. The van der Waals surface area contributed by atoms with E-state index in [0.29, 0.717) is 6.04 Å². The summed E-state index contributed by atoms with van der Waals surface area (Å²) in [5.74, 6) is 0. The molecule has 1 aliphatic rings. The quantitative estimate of drug-likeness (QED) is 0.407. The Morgan fingerprint density at radius 2 is 2.11 bits per heavy atom. The van der Waals surface area contributed by atoms with E-state index >= 15 is 0 Å². The van der Waals surface area contributed by atoms with Crippen LogP contribution in [0.25, 0.3) is 0 Å². The van der Waals surface area contributed by atoms with Gasteiger partial charge in [0.15, 0.2) is 0 Å². The first-order valence-corrected chi connectivity index (χ1v) is 3.49. The average molecular weight is 143 g/mol. The van der Waals surface area contributed by atoms with Crippen molar-refractivity contribution in [2.24, 2.45) is 4.99 Å². The van der Waals surface area contributed by atoms with Gasteiger partial charge in [-0.05, 0) is 25.1 Å². The second-order valence-electron chi connectivity index (χ2n) is 2.06. The summed E-state index contributed by atoms with van der Waals surface area (Å²) < 4.78 is 5.12. The van der Waals surface area contributed by atoms with E-state index in [1.165, 1.54) is 0 Å². The van der Waals surface area contributed by atoms with Gasteiger partial charge in [0.2, 0.25) is 0 Å². The third-order valence-corrected chi connectivity index (χ3v) is 1.53. The number of nitrogens with zero attached hydrogens (tertiary/aromatic N) is 1. The van der Waals surface area contributed by atoms with Gasteiger partial charge in [0.05, 0.1) is 11.2 Å². The lowest BCUT2D eigenvalue weighted by Crippen LogP contribution is -2.18. The van der Waals surface area contributed by atoms with E-state index in [4.69, 9.17) is 4.74 Å². The van der Waals surface area contributed by atoms with Gasteiger partial charge >= 0.3 is 0 Å². The van der Waals surface area contributed by atoms with Crippen LogP contribution in [-0.4, -0.2) is 24.4 Å². The highest BCUT2D eigenvalue weighted by Crippen LogP contribution is 2.08. The summed E-state index contributed by atoms with van der Waals surface area (Å²) >= 11 is 4.48. The highest BCUT2D eigenvalue weighted by Gasteiger charge is 2.10. The van der Waals surface area contributed by atoms with Crippen LogP contribution < -0.4 is 0 Å². The maximum absolute atomic E-state index is 5.12. The minimum absolute atomic E-state index is 0.385. The topological polar surface area (TPSA) is 21.6 Å². The lowest BCUT2D eigenvalue weighted by molar-refractivity contribution is 0.0873. The van der Waals surface area contributed by atoms with Gasteiger partial charge in [-0.3, -0.25) is 0 Å². The van der Waals surface area contributed by atoms with Crippen molar-refractivity contribution in [2.75, 3.05) is 13.2 Å². The van der Waals surface area contributed by atoms with Gasteiger partial charge in [-0.1, -0.05) is 0 Å². The predicted octanol–water partition coefficient (Wildman–Crippen LogP) is 1.27. The van der Waals surface area contributed by atoms with Crippen molar-refractivity contribution in [2.45, 2.75) is 18.9 Å². The molecule has 0 N–H and O–H groups in total. The molecule has 1 saturated heterocycles. The fraction of sp³-hybridized carbons (Fsp3) is 0.833. The Kier molecular flexibility index (Phi) is 2.84. The van der Waals surface area contributed by atoms with Crippen LogP contribution in [0.2, 0.25) is 0 Å². The van der Waals surface area contributed by atoms with Crippen LogP contribution in [0.1, 0.15) is 12.8 Å². The molecule has 9 heavy (non-hydrogen) atoms. The molecule has 1 aliphatic heterocycles. The van der Waals surface area contributed by atoms with E-state index < -0.39 is 0 Å². The Bertz CT molecular complexity index is 125. The molecule has 2 nitrogen and oxygen atoms in total. The minimum atomic E-state index is 0.385. The summed E-state index contributed by atoms with van der Waals surface area (Å²) in [7, 11) is 0. The first-order valence-electron chi connectivity index (χ1n) is 3.08. The molecule has 0 aliphatic carbocycles.